The van der Waals surface area contributed by atoms with Crippen molar-refractivity contribution >= 4 is 94.7 Å². The highest BCUT2D eigenvalue weighted by atomic mass is 16.5. The molecule has 13 amide bonds. The van der Waals surface area contributed by atoms with E-state index >= 15 is 19.2 Å². The number of carbonyl (C=O) groups is 16. The highest BCUT2D eigenvalue weighted by Gasteiger charge is 2.48. The van der Waals surface area contributed by atoms with E-state index in [0.29, 0.717) is 0 Å². The third-order valence-electron chi connectivity index (χ3n) is 21.2. The van der Waals surface area contributed by atoms with Gasteiger partial charge in [0.15, 0.2) is 6.10 Å². The van der Waals surface area contributed by atoms with Gasteiger partial charge in [0, 0.05) is 39.5 Å². The predicted octanol–water partition coefficient (Wildman–Crippen LogP) is -4.52. The van der Waals surface area contributed by atoms with E-state index < -0.39 is 266 Å². The summed E-state index contributed by atoms with van der Waals surface area (Å²) in [4.78, 5) is 229. The minimum Gasteiger partial charge on any atom is -0.481 e. The molecule has 2 rings (SSSR count). The van der Waals surface area contributed by atoms with Crippen molar-refractivity contribution in [2.75, 3.05) is 40.4 Å². The number of amides is 13. The zero-order valence-electron chi connectivity index (χ0n) is 67.0. The first-order valence-electron chi connectivity index (χ1n) is 38.5. The first kappa shape index (κ1) is 99.3. The average molecular weight is 1600 g/mol. The molecule has 0 aromatic rings. The Hall–Kier alpha value is -8.76. The number of esters is 1. The molecule has 2 heterocycles. The Morgan fingerprint density at radius 3 is 1.77 bits per heavy atom. The number of aliphatic hydroxyl groups is 4. The summed E-state index contributed by atoms with van der Waals surface area (Å²) in [6.45, 7) is 17.2. The van der Waals surface area contributed by atoms with Crippen LogP contribution in [0.4, 0.5) is 0 Å². The van der Waals surface area contributed by atoms with E-state index in [4.69, 9.17) is 32.4 Å². The molecule has 2 fully saturated rings. The minimum atomic E-state index is -2.73. The Labute approximate surface area is 653 Å². The van der Waals surface area contributed by atoms with Gasteiger partial charge in [-0.3, -0.25) is 71.9 Å². The molecule has 23 N–H and O–H groups in total. The van der Waals surface area contributed by atoms with E-state index in [1.54, 1.807) is 34.6 Å². The number of nitrogens with zero attached hydrogens (tertiary/aromatic N) is 2. The second-order valence-electron chi connectivity index (χ2n) is 30.4. The fourth-order valence-corrected chi connectivity index (χ4v) is 13.2. The van der Waals surface area contributed by atoms with Crippen molar-refractivity contribution < 1.29 is 117 Å². The molecule has 39 nitrogen and oxygen atoms in total. The van der Waals surface area contributed by atoms with Crippen LogP contribution >= 0.6 is 0 Å². The molecule has 22 atom stereocenters. The second kappa shape index (κ2) is 48.3. The Balaban J connectivity index is 3.12. The maximum absolute atomic E-state index is 15.5. The number of fused-ring (bicyclic) bond motifs is 1. The van der Waals surface area contributed by atoms with Crippen LogP contribution in [0.3, 0.4) is 0 Å². The SMILES string of the molecule is CCC[C@@H](C)[C@@H](C)[C@@H](O)[C@@H](C)C(=O)N[C@H](CCCN)C(=O)N[C@@H](CCC(=O)O)[C@@H](O)[C@@H](O)C(=O)N[C@H](C(=O)N[C@H]1C(=O)N[C@H](CO)C(=O)N[C@H](CCCN)C(=O)N[C@@H](CC(C)C)C(=O)N(C)[C@@H](CCC(N)=O)C(=O)N[C@@H]([C@@H](C)OC)C(=O)N[C@H](CC(=O)O)C(=O)N2CCCC[C@H]2C(=O)O[C@@H]1[C@H](C)C(C)C)[C@@H](C)[C@@H](C)C(N)=O. The maximum atomic E-state index is 15.5. The fraction of sp³-hybridized carbons (Fsp3) is 0.781. The van der Waals surface area contributed by atoms with Crippen LogP contribution in [0.5, 0.6) is 0 Å². The Morgan fingerprint density at radius 2 is 1.22 bits per heavy atom. The van der Waals surface area contributed by atoms with E-state index in [1.165, 1.54) is 34.6 Å². The number of hydrogen-bond acceptors (Lipinski definition) is 24. The van der Waals surface area contributed by atoms with Crippen LogP contribution in [-0.4, -0.2) is 273 Å². The van der Waals surface area contributed by atoms with Crippen LogP contribution in [0.2, 0.25) is 0 Å². The van der Waals surface area contributed by atoms with Gasteiger partial charge in [-0.2, -0.15) is 0 Å². The number of carboxylic acids is 2. The van der Waals surface area contributed by atoms with Gasteiger partial charge in [0.2, 0.25) is 70.9 Å². The summed E-state index contributed by atoms with van der Waals surface area (Å²) < 4.78 is 11.7. The quantitative estimate of drug-likeness (QED) is 0.0258. The smallest absolute Gasteiger partial charge is 0.329 e. The molecule has 0 aromatic carbocycles. The zero-order chi connectivity index (χ0) is 85.5. The highest BCUT2D eigenvalue weighted by Crippen LogP contribution is 2.29. The first-order chi connectivity index (χ1) is 52.4. The molecule has 0 unspecified atom stereocenters. The van der Waals surface area contributed by atoms with Crippen LogP contribution in [0, 0.1) is 47.3 Å². The number of aliphatic carboxylic acids is 2. The van der Waals surface area contributed by atoms with Crippen LogP contribution in [0.15, 0.2) is 0 Å². The summed E-state index contributed by atoms with van der Waals surface area (Å²) in [5.41, 5.74) is 23.0. The molecule has 2 aliphatic rings. The van der Waals surface area contributed by atoms with Crippen molar-refractivity contribution in [2.45, 2.75) is 276 Å². The summed E-state index contributed by atoms with van der Waals surface area (Å²) in [6, 6.07) is -20.3. The lowest BCUT2D eigenvalue weighted by Crippen LogP contribution is -2.65. The third kappa shape index (κ3) is 30.3. The lowest BCUT2D eigenvalue weighted by molar-refractivity contribution is -0.168. The Kier molecular flexibility index (Phi) is 42.9. The highest BCUT2D eigenvalue weighted by molar-refractivity contribution is 6.00. The fourth-order valence-electron chi connectivity index (χ4n) is 13.2. The molecule has 0 spiro atoms. The van der Waals surface area contributed by atoms with Crippen LogP contribution < -0.4 is 70.8 Å². The average Bonchev–Trinajstić information content (AvgIpc) is 0.807. The largest absolute Gasteiger partial charge is 0.481 e. The molecular weight excluding hydrogens is 1470 g/mol. The number of likely N-dealkylation sites (N-methyl/N-ethyl adjacent to an activating group) is 1. The van der Waals surface area contributed by atoms with Gasteiger partial charge in [-0.05, 0) is 120 Å². The van der Waals surface area contributed by atoms with E-state index in [-0.39, 0.29) is 82.8 Å². The van der Waals surface area contributed by atoms with Gasteiger partial charge in [0.1, 0.15) is 72.6 Å². The Morgan fingerprint density at radius 1 is 0.625 bits per heavy atom. The molecule has 39 heteroatoms. The minimum absolute atomic E-state index is 0.00100. The van der Waals surface area contributed by atoms with Crippen LogP contribution in [0.25, 0.3) is 0 Å². The summed E-state index contributed by atoms with van der Waals surface area (Å²) >= 11 is 0. The molecule has 2 saturated heterocycles. The van der Waals surface area contributed by atoms with E-state index in [0.717, 1.165) is 36.8 Å². The van der Waals surface area contributed by atoms with E-state index in [2.05, 4.69) is 47.9 Å². The van der Waals surface area contributed by atoms with Crippen molar-refractivity contribution in [1.82, 2.24) is 57.7 Å². The predicted molar refractivity (Wildman–Crippen MR) is 402 cm³/mol. The number of carboxylic acid groups (broad SMARTS) is 2. The molecular formula is C73H127N15O24. The van der Waals surface area contributed by atoms with Gasteiger partial charge in [-0.1, -0.05) is 89.0 Å². The molecule has 638 valence electrons. The molecule has 0 radical (unpaired) electrons. The monoisotopic (exact) mass is 1600 g/mol. The lowest BCUT2D eigenvalue weighted by atomic mass is 9.82. The summed E-state index contributed by atoms with van der Waals surface area (Å²) in [6.07, 6.45) is -12.0. The molecule has 0 aliphatic carbocycles. The summed E-state index contributed by atoms with van der Waals surface area (Å²) in [7, 11) is 2.31. The number of hydrogen-bond donors (Lipinski definition) is 19. The van der Waals surface area contributed by atoms with Crippen LogP contribution in [-0.2, 0) is 86.2 Å². The van der Waals surface area contributed by atoms with E-state index in [9.17, 15) is 88.2 Å². The number of aliphatic hydroxyl groups excluding tert-OH is 4. The van der Waals surface area contributed by atoms with E-state index in [1.807, 2.05) is 13.8 Å². The zero-order valence-corrected chi connectivity index (χ0v) is 67.0. The number of nitrogens with two attached hydrogens (primary N) is 4. The van der Waals surface area contributed by atoms with Gasteiger partial charge in [0.25, 0.3) is 5.91 Å². The number of piperidine rings is 1. The van der Waals surface area contributed by atoms with Crippen molar-refractivity contribution in [1.29, 1.82) is 0 Å². The number of nitrogens with one attached hydrogen (secondary N) is 9. The Bertz CT molecular complexity index is 3200. The first-order valence-corrected chi connectivity index (χ1v) is 38.5. The second-order valence-corrected chi connectivity index (χ2v) is 30.4. The molecule has 0 saturated carbocycles. The number of rotatable bonds is 39. The normalized spacial score (nSPS) is 24.5. The van der Waals surface area contributed by atoms with Crippen molar-refractivity contribution in [3.05, 3.63) is 0 Å². The summed E-state index contributed by atoms with van der Waals surface area (Å²) in [5.74, 6) is -26.1. The molecule has 0 bridgehead atoms. The van der Waals surface area contributed by atoms with Gasteiger partial charge in [-0.25, -0.2) is 4.79 Å². The lowest BCUT2D eigenvalue weighted by Gasteiger charge is -2.39. The molecule has 2 aliphatic heterocycles. The molecule has 0 aromatic heterocycles. The number of carbonyl (C=O) groups excluding carboxylic acids is 14. The van der Waals surface area contributed by atoms with Crippen molar-refractivity contribution in [2.24, 2.45) is 70.3 Å². The standard InChI is InChI=1S/C73H127N15O24/c1-15-20-36(6)38(8)57(95)41(11)62(99)79-44(21-18-28-74)63(100)78-43(24-27-52(91)92)58(96)59(97)70(107)84-54(39(9)40(10)61(77)98)67(104)86-56-60(37(7)35(4)5)112-73(110)50-23-16-17-30-88(50)72(109)47(32-53(93)94)82-68(105)55(42(12)111-14)85-66(103)49(25-26-51(76)90)87(13)71(108)46(31-34(2)3)81-64(101)45(22-19-29-75)80-65(102)48(33-89)83-69(56)106/h34-50,54-60,89,95-97H,15-33,74-75H2,1-14H3,(H2,76,90)(H2,77,98)(H,78,100)(H,79,99)(H,80,102)(H,81,101)(H,82,105)(H,83,106)(H,84,107)(H,85,103)(H,86,104)(H,91,92)(H,93,94)/t36-,37-,38-,39+,40-,41-,42-,43+,44-,45-,46+,47-,48-,49+,50+,54+,55+,56-,57-,58-,59-,60-/m1/s1. The summed E-state index contributed by atoms with van der Waals surface area (Å²) in [5, 5.41) is 87.9. The number of ether oxygens (including phenoxy) is 2. The van der Waals surface area contributed by atoms with Crippen molar-refractivity contribution in [3.8, 4) is 0 Å². The van der Waals surface area contributed by atoms with Gasteiger partial charge >= 0.3 is 17.9 Å². The van der Waals surface area contributed by atoms with Gasteiger partial charge < -0.3 is 121 Å². The third-order valence-corrected chi connectivity index (χ3v) is 21.2. The topological polar surface area (TPSA) is 632 Å². The van der Waals surface area contributed by atoms with Crippen LogP contribution in [0.1, 0.15) is 179 Å². The van der Waals surface area contributed by atoms with Gasteiger partial charge in [0.05, 0.1) is 37.2 Å². The maximum Gasteiger partial charge on any atom is 0.329 e. The number of methoxy groups -OCH3 is 1. The number of cyclic esters (lactones) is 1. The van der Waals surface area contributed by atoms with Gasteiger partial charge in [-0.15, -0.1) is 0 Å². The number of primary amides is 2. The molecule has 112 heavy (non-hydrogen) atoms. The van der Waals surface area contributed by atoms with Crippen molar-refractivity contribution in [3.63, 3.8) is 0 Å².